The highest BCUT2D eigenvalue weighted by Crippen LogP contribution is 2.30. The molecule has 0 fully saturated rings. The monoisotopic (exact) mass is 268 g/mol. The number of hydrogen-bond acceptors (Lipinski definition) is 4. The number of alkyl halides is 2. The summed E-state index contributed by atoms with van der Waals surface area (Å²) in [5, 5.41) is 19.8. The van der Waals surface area contributed by atoms with E-state index in [-0.39, 0.29) is 17.9 Å². The van der Waals surface area contributed by atoms with Gasteiger partial charge in [0.1, 0.15) is 0 Å². The smallest absolute Gasteiger partial charge is 0.270 e. The number of non-ortho nitro benzene ring substituents is 1. The van der Waals surface area contributed by atoms with Crippen molar-refractivity contribution in [2.24, 2.45) is 0 Å². The van der Waals surface area contributed by atoms with E-state index in [0.717, 1.165) is 11.8 Å². The number of nitro groups is 1. The number of nitro benzene ring substituents is 1. The van der Waals surface area contributed by atoms with E-state index in [4.69, 9.17) is 0 Å². The third-order valence-electron chi connectivity index (χ3n) is 2.51. The molecule has 0 bridgehead atoms. The van der Waals surface area contributed by atoms with Crippen molar-refractivity contribution in [2.75, 3.05) is 5.32 Å². The molecule has 8 heteroatoms. The molecule has 0 amide bonds. The highest BCUT2D eigenvalue weighted by Gasteiger charge is 2.17. The van der Waals surface area contributed by atoms with E-state index in [0.29, 0.717) is 0 Å². The lowest BCUT2D eigenvalue weighted by atomic mass is 10.1. The number of H-pyrrole nitrogens is 1. The molecule has 2 aromatic rings. The molecular weight excluding hydrogens is 258 g/mol. The molecule has 0 aliphatic carbocycles. The molecule has 0 saturated heterocycles. The molecule has 100 valence electrons. The Morgan fingerprint density at radius 2 is 2.21 bits per heavy atom. The lowest BCUT2D eigenvalue weighted by Gasteiger charge is -2.10. The van der Waals surface area contributed by atoms with E-state index >= 15 is 0 Å². The maximum absolute atomic E-state index is 12.9. The molecule has 0 spiro atoms. The van der Waals surface area contributed by atoms with Gasteiger partial charge in [0.25, 0.3) is 12.1 Å². The van der Waals surface area contributed by atoms with Crippen molar-refractivity contribution in [2.45, 2.75) is 13.0 Å². The fourth-order valence-corrected chi connectivity index (χ4v) is 1.58. The van der Waals surface area contributed by atoms with Crippen LogP contribution in [0.2, 0.25) is 0 Å². The van der Waals surface area contributed by atoms with Gasteiger partial charge in [-0.05, 0) is 12.1 Å². The fourth-order valence-electron chi connectivity index (χ4n) is 1.58. The van der Waals surface area contributed by atoms with Gasteiger partial charge in [0, 0.05) is 29.6 Å². The topological polar surface area (TPSA) is 83.8 Å². The summed E-state index contributed by atoms with van der Waals surface area (Å²) in [6, 6.07) is 5.03. The van der Waals surface area contributed by atoms with Crippen molar-refractivity contribution >= 4 is 11.4 Å². The van der Waals surface area contributed by atoms with Gasteiger partial charge in [0.05, 0.1) is 17.2 Å². The first-order valence-electron chi connectivity index (χ1n) is 5.36. The molecule has 0 aliphatic rings. The van der Waals surface area contributed by atoms with E-state index in [2.05, 4.69) is 15.5 Å². The van der Waals surface area contributed by atoms with Gasteiger partial charge in [-0.3, -0.25) is 15.2 Å². The van der Waals surface area contributed by atoms with Crippen molar-refractivity contribution in [3.63, 3.8) is 0 Å². The van der Waals surface area contributed by atoms with Gasteiger partial charge in [0.15, 0.2) is 0 Å². The van der Waals surface area contributed by atoms with Crippen LogP contribution in [-0.4, -0.2) is 15.1 Å². The second-order valence-electron chi connectivity index (χ2n) is 3.76. The third kappa shape index (κ3) is 3.03. The Morgan fingerprint density at radius 1 is 1.42 bits per heavy atom. The quantitative estimate of drug-likeness (QED) is 0.645. The molecule has 6 nitrogen and oxygen atoms in total. The molecule has 0 radical (unpaired) electrons. The fraction of sp³-hybridized carbons (Fsp3) is 0.182. The number of anilines is 1. The Kier molecular flexibility index (Phi) is 3.69. The normalized spacial score (nSPS) is 10.7. The minimum absolute atomic E-state index is 0.162. The summed E-state index contributed by atoms with van der Waals surface area (Å²) in [4.78, 5) is 9.85. The van der Waals surface area contributed by atoms with Crippen molar-refractivity contribution in [3.05, 3.63) is 51.8 Å². The summed E-state index contributed by atoms with van der Waals surface area (Å²) in [5.41, 5.74) is 0.130. The average Bonchev–Trinajstić information content (AvgIpc) is 2.89. The number of aromatic nitrogens is 2. The first-order chi connectivity index (χ1) is 9.08. The zero-order valence-electron chi connectivity index (χ0n) is 9.64. The van der Waals surface area contributed by atoms with Gasteiger partial charge in [-0.2, -0.15) is 5.10 Å². The first kappa shape index (κ1) is 12.9. The first-order valence-corrected chi connectivity index (χ1v) is 5.36. The van der Waals surface area contributed by atoms with Gasteiger partial charge in [-0.15, -0.1) is 0 Å². The van der Waals surface area contributed by atoms with Crippen LogP contribution in [0.15, 0.2) is 30.5 Å². The van der Waals surface area contributed by atoms with Crippen LogP contribution >= 0.6 is 0 Å². The molecule has 1 aromatic carbocycles. The van der Waals surface area contributed by atoms with Crippen LogP contribution in [-0.2, 0) is 6.54 Å². The highest BCUT2D eigenvalue weighted by molar-refractivity contribution is 5.56. The number of aromatic amines is 1. The number of benzene rings is 1. The van der Waals surface area contributed by atoms with Crippen LogP contribution < -0.4 is 5.32 Å². The number of nitrogens with one attached hydrogen (secondary N) is 2. The average molecular weight is 268 g/mol. The van der Waals surface area contributed by atoms with E-state index in [1.165, 1.54) is 12.1 Å². The summed E-state index contributed by atoms with van der Waals surface area (Å²) in [7, 11) is 0. The number of nitrogens with zero attached hydrogens (tertiary/aromatic N) is 2. The Bertz CT molecular complexity index is 572. The molecule has 0 unspecified atom stereocenters. The Balaban J connectivity index is 2.21. The van der Waals surface area contributed by atoms with Crippen LogP contribution in [0.3, 0.4) is 0 Å². The van der Waals surface area contributed by atoms with Gasteiger partial charge in [-0.1, -0.05) is 0 Å². The molecule has 1 heterocycles. The lowest BCUT2D eigenvalue weighted by molar-refractivity contribution is -0.385. The van der Waals surface area contributed by atoms with Crippen molar-refractivity contribution in [1.82, 2.24) is 10.2 Å². The summed E-state index contributed by atoms with van der Waals surface area (Å²) < 4.78 is 25.7. The van der Waals surface area contributed by atoms with Gasteiger partial charge < -0.3 is 5.32 Å². The Hall–Kier alpha value is -2.51. The van der Waals surface area contributed by atoms with Crippen LogP contribution in [0.1, 0.15) is 17.7 Å². The molecule has 19 heavy (non-hydrogen) atoms. The number of halogens is 2. The maximum atomic E-state index is 12.9. The zero-order chi connectivity index (χ0) is 13.8. The largest absolute Gasteiger partial charge is 0.379 e. The molecule has 0 saturated carbocycles. The molecule has 1 aromatic heterocycles. The SMILES string of the molecule is O=[N+]([O-])c1ccc(NCc2ccn[nH]2)c(C(F)F)c1. The number of rotatable bonds is 5. The lowest BCUT2D eigenvalue weighted by Crippen LogP contribution is -2.04. The standard InChI is InChI=1S/C11H10F2N4O2/c12-11(13)9-5-8(17(18)19)1-2-10(9)14-6-7-3-4-15-16-7/h1-5,11,14H,6H2,(H,15,16). The van der Waals surface area contributed by atoms with E-state index in [1.54, 1.807) is 12.3 Å². The van der Waals surface area contributed by atoms with Crippen molar-refractivity contribution in [1.29, 1.82) is 0 Å². The summed E-state index contributed by atoms with van der Waals surface area (Å²) in [6.07, 6.45) is -1.25. The molecular formula is C11H10F2N4O2. The second kappa shape index (κ2) is 5.42. The second-order valence-corrected chi connectivity index (χ2v) is 3.76. The molecule has 0 atom stereocenters. The summed E-state index contributed by atoms with van der Waals surface area (Å²) in [6.45, 7) is 0.275. The van der Waals surface area contributed by atoms with Crippen molar-refractivity contribution in [3.8, 4) is 0 Å². The highest BCUT2D eigenvalue weighted by atomic mass is 19.3. The minimum atomic E-state index is -2.79. The van der Waals surface area contributed by atoms with Gasteiger partial charge >= 0.3 is 0 Å². The van der Waals surface area contributed by atoms with Gasteiger partial charge in [0.2, 0.25) is 0 Å². The molecule has 2 N–H and O–H groups in total. The molecule has 0 aliphatic heterocycles. The Labute approximate surface area is 106 Å². The van der Waals surface area contributed by atoms with Crippen LogP contribution in [0.5, 0.6) is 0 Å². The number of hydrogen-bond donors (Lipinski definition) is 2. The van der Waals surface area contributed by atoms with E-state index < -0.39 is 16.9 Å². The molecule has 2 rings (SSSR count). The van der Waals surface area contributed by atoms with Crippen LogP contribution in [0.4, 0.5) is 20.2 Å². The summed E-state index contributed by atoms with van der Waals surface area (Å²) >= 11 is 0. The predicted octanol–water partition coefficient (Wildman–Crippen LogP) is 2.87. The van der Waals surface area contributed by atoms with Gasteiger partial charge in [-0.25, -0.2) is 8.78 Å². The van der Waals surface area contributed by atoms with Crippen LogP contribution in [0, 0.1) is 10.1 Å². The van der Waals surface area contributed by atoms with E-state index in [9.17, 15) is 18.9 Å². The summed E-state index contributed by atoms with van der Waals surface area (Å²) in [5.74, 6) is 0. The van der Waals surface area contributed by atoms with E-state index in [1.807, 2.05) is 0 Å². The Morgan fingerprint density at radius 3 is 2.79 bits per heavy atom. The third-order valence-corrected chi connectivity index (χ3v) is 2.51. The zero-order valence-corrected chi connectivity index (χ0v) is 9.64. The van der Waals surface area contributed by atoms with Crippen LogP contribution in [0.25, 0.3) is 0 Å². The minimum Gasteiger partial charge on any atom is -0.379 e. The van der Waals surface area contributed by atoms with Crippen molar-refractivity contribution < 1.29 is 13.7 Å². The predicted molar refractivity (Wildman–Crippen MR) is 64.0 cm³/mol. The maximum Gasteiger partial charge on any atom is 0.270 e.